The molecule has 0 radical (unpaired) electrons. The van der Waals surface area contributed by atoms with Crippen molar-refractivity contribution in [1.29, 1.82) is 0 Å². The second-order valence-corrected chi connectivity index (χ2v) is 10.1. The fourth-order valence-electron chi connectivity index (χ4n) is 4.74. The molecule has 8 nitrogen and oxygen atoms in total. The number of para-hydroxylation sites is 1. The topological polar surface area (TPSA) is 87.9 Å². The molecule has 2 heterocycles. The average Bonchev–Trinajstić information content (AvgIpc) is 2.80. The summed E-state index contributed by atoms with van der Waals surface area (Å²) in [6, 6.07) is 5.14. The molecule has 1 aromatic carbocycles. The summed E-state index contributed by atoms with van der Waals surface area (Å²) in [5, 5.41) is 0. The summed E-state index contributed by atoms with van der Waals surface area (Å²) in [4.78, 5) is 21.6. The van der Waals surface area contributed by atoms with Gasteiger partial charge in [0.2, 0.25) is 5.79 Å². The molecule has 4 atom stereocenters. The minimum Gasteiger partial charge on any atom is -0.467 e. The van der Waals surface area contributed by atoms with Crippen LogP contribution in [0, 0.1) is 11.8 Å². The Morgan fingerprint density at radius 1 is 1.21 bits per heavy atom. The molecule has 3 aliphatic rings. The molecule has 0 amide bonds. The number of esters is 1. The lowest BCUT2D eigenvalue weighted by molar-refractivity contribution is -0.303. The Balaban J connectivity index is 1.46. The fourth-order valence-corrected chi connectivity index (χ4v) is 4.74. The van der Waals surface area contributed by atoms with Crippen molar-refractivity contribution in [1.82, 2.24) is 0 Å². The van der Waals surface area contributed by atoms with E-state index in [1.807, 2.05) is 52.1 Å². The van der Waals surface area contributed by atoms with Gasteiger partial charge in [-0.3, -0.25) is 9.98 Å². The first-order valence-corrected chi connectivity index (χ1v) is 12.0. The van der Waals surface area contributed by atoms with Crippen LogP contribution in [0.15, 0.2) is 28.2 Å². The van der Waals surface area contributed by atoms with Crippen molar-refractivity contribution in [3.8, 4) is 5.75 Å². The van der Waals surface area contributed by atoms with Gasteiger partial charge in [-0.25, -0.2) is 4.79 Å². The normalized spacial score (nSPS) is 28.7. The van der Waals surface area contributed by atoms with Crippen molar-refractivity contribution >= 4 is 18.4 Å². The van der Waals surface area contributed by atoms with Gasteiger partial charge in [-0.05, 0) is 32.8 Å². The van der Waals surface area contributed by atoms with Crippen LogP contribution in [0.4, 0.5) is 0 Å². The summed E-state index contributed by atoms with van der Waals surface area (Å²) in [6.45, 7) is 9.00. The van der Waals surface area contributed by atoms with Crippen molar-refractivity contribution in [3.63, 3.8) is 0 Å². The number of hydrogen-bond acceptors (Lipinski definition) is 8. The van der Waals surface area contributed by atoms with Gasteiger partial charge in [0.05, 0.1) is 33.0 Å². The molecule has 4 rings (SSSR count). The molecule has 1 aromatic rings. The van der Waals surface area contributed by atoms with Crippen LogP contribution in [-0.2, 0) is 30.3 Å². The van der Waals surface area contributed by atoms with Crippen LogP contribution in [0.3, 0.4) is 0 Å². The third-order valence-corrected chi connectivity index (χ3v) is 6.55. The number of benzene rings is 1. The van der Waals surface area contributed by atoms with Gasteiger partial charge in [0.1, 0.15) is 5.75 Å². The van der Waals surface area contributed by atoms with E-state index in [-0.39, 0.29) is 18.6 Å². The van der Waals surface area contributed by atoms with Crippen molar-refractivity contribution in [2.75, 3.05) is 20.3 Å². The molecular weight excluding hydrogens is 436 g/mol. The zero-order valence-corrected chi connectivity index (χ0v) is 20.8. The number of ether oxygens (including phenoxy) is 5. The van der Waals surface area contributed by atoms with E-state index in [4.69, 9.17) is 23.7 Å². The third-order valence-electron chi connectivity index (χ3n) is 6.55. The molecule has 4 unspecified atom stereocenters. The van der Waals surface area contributed by atoms with E-state index < -0.39 is 23.6 Å². The maximum atomic E-state index is 12.4. The highest BCUT2D eigenvalue weighted by Crippen LogP contribution is 2.38. The minimum absolute atomic E-state index is 0.0432. The summed E-state index contributed by atoms with van der Waals surface area (Å²) in [5.41, 5.74) is 1.81. The monoisotopic (exact) mass is 472 g/mol. The van der Waals surface area contributed by atoms with Crippen LogP contribution in [0.25, 0.3) is 0 Å². The molecule has 0 spiro atoms. The summed E-state index contributed by atoms with van der Waals surface area (Å²) in [5.74, 6) is -0.468. The van der Waals surface area contributed by atoms with Crippen molar-refractivity contribution in [2.45, 2.75) is 77.3 Å². The van der Waals surface area contributed by atoms with Gasteiger partial charge in [-0.1, -0.05) is 18.6 Å². The highest BCUT2D eigenvalue weighted by Gasteiger charge is 2.42. The largest absolute Gasteiger partial charge is 0.467 e. The highest BCUT2D eigenvalue weighted by atomic mass is 16.7. The molecule has 2 aliphatic heterocycles. The lowest BCUT2D eigenvalue weighted by Gasteiger charge is -2.46. The van der Waals surface area contributed by atoms with Gasteiger partial charge in [0.15, 0.2) is 11.8 Å². The van der Waals surface area contributed by atoms with Crippen LogP contribution in [0.2, 0.25) is 0 Å². The Morgan fingerprint density at radius 3 is 2.82 bits per heavy atom. The SMILES string of the molecule is COC(=O)C(CN=Cc1cccc2c1OC(C)(C)OC2)N=CC1CCCC2COC(C)(C)OC12. The number of aliphatic imine (C=N–C) groups is 2. The van der Waals surface area contributed by atoms with Crippen LogP contribution in [0.1, 0.15) is 58.1 Å². The molecule has 0 bridgehead atoms. The Labute approximate surface area is 201 Å². The third kappa shape index (κ3) is 5.85. The molecule has 34 heavy (non-hydrogen) atoms. The quantitative estimate of drug-likeness (QED) is 0.461. The Kier molecular flexibility index (Phi) is 7.40. The smallest absolute Gasteiger partial charge is 0.332 e. The standard InChI is InChI=1S/C26H36N2O6/c1-25(2)31-15-19-10-6-8-17(22(19)33-25)12-27-14-21(24(29)30-5)28-13-18-9-7-11-20-16-32-26(3,4)34-23(18)20/h6,8,10,12-13,18,20-21,23H,7,9,11,14-16H2,1-5H3. The number of methoxy groups -OCH3 is 1. The van der Waals surface area contributed by atoms with Gasteiger partial charge in [-0.2, -0.15) is 0 Å². The van der Waals surface area contributed by atoms with E-state index in [0.717, 1.165) is 36.1 Å². The first-order valence-electron chi connectivity index (χ1n) is 12.0. The van der Waals surface area contributed by atoms with E-state index >= 15 is 0 Å². The Morgan fingerprint density at radius 2 is 2.03 bits per heavy atom. The van der Waals surface area contributed by atoms with Crippen LogP contribution < -0.4 is 4.74 Å². The molecule has 2 fully saturated rings. The summed E-state index contributed by atoms with van der Waals surface area (Å²) in [6.07, 6.45) is 6.80. The zero-order valence-electron chi connectivity index (χ0n) is 20.8. The van der Waals surface area contributed by atoms with E-state index in [2.05, 4.69) is 9.98 Å². The average molecular weight is 473 g/mol. The number of carbonyl (C=O) groups excluding carboxylic acids is 1. The summed E-state index contributed by atoms with van der Waals surface area (Å²) < 4.78 is 28.8. The maximum Gasteiger partial charge on any atom is 0.332 e. The fraction of sp³-hybridized carbons (Fsp3) is 0.654. The highest BCUT2D eigenvalue weighted by molar-refractivity contribution is 5.85. The first kappa shape index (κ1) is 24.8. The molecular formula is C26H36N2O6. The van der Waals surface area contributed by atoms with Crippen LogP contribution in [-0.4, -0.2) is 62.4 Å². The van der Waals surface area contributed by atoms with E-state index in [0.29, 0.717) is 19.1 Å². The lowest BCUT2D eigenvalue weighted by atomic mass is 9.78. The van der Waals surface area contributed by atoms with Gasteiger partial charge < -0.3 is 23.7 Å². The summed E-state index contributed by atoms with van der Waals surface area (Å²) >= 11 is 0. The lowest BCUT2D eigenvalue weighted by Crippen LogP contribution is -2.50. The predicted octanol–water partition coefficient (Wildman–Crippen LogP) is 3.93. The molecule has 186 valence electrons. The van der Waals surface area contributed by atoms with Crippen molar-refractivity contribution < 1.29 is 28.5 Å². The molecule has 1 aliphatic carbocycles. The second-order valence-electron chi connectivity index (χ2n) is 10.1. The molecule has 1 saturated carbocycles. The van der Waals surface area contributed by atoms with Gasteiger partial charge in [-0.15, -0.1) is 0 Å². The number of nitrogens with zero attached hydrogens (tertiary/aromatic N) is 2. The van der Waals surface area contributed by atoms with Gasteiger partial charge in [0, 0.05) is 49.2 Å². The predicted molar refractivity (Wildman–Crippen MR) is 128 cm³/mol. The number of rotatable bonds is 6. The van der Waals surface area contributed by atoms with Crippen molar-refractivity contribution in [3.05, 3.63) is 29.3 Å². The minimum atomic E-state index is -0.713. The number of carbonyl (C=O) groups is 1. The van der Waals surface area contributed by atoms with E-state index in [1.165, 1.54) is 7.11 Å². The van der Waals surface area contributed by atoms with Gasteiger partial charge in [0.25, 0.3) is 0 Å². The van der Waals surface area contributed by atoms with Crippen LogP contribution in [0.5, 0.6) is 5.75 Å². The van der Waals surface area contributed by atoms with Gasteiger partial charge >= 0.3 is 5.97 Å². The summed E-state index contributed by atoms with van der Waals surface area (Å²) in [7, 11) is 1.37. The van der Waals surface area contributed by atoms with E-state index in [9.17, 15) is 4.79 Å². The number of hydrogen-bond donors (Lipinski definition) is 0. The zero-order chi connectivity index (χ0) is 24.3. The van der Waals surface area contributed by atoms with Crippen LogP contribution >= 0.6 is 0 Å². The number of fused-ring (bicyclic) bond motifs is 2. The molecule has 8 heteroatoms. The second kappa shape index (κ2) is 10.1. The molecule has 0 aromatic heterocycles. The van der Waals surface area contributed by atoms with Crippen molar-refractivity contribution in [2.24, 2.45) is 21.8 Å². The maximum absolute atomic E-state index is 12.4. The molecule has 0 N–H and O–H groups in total. The Hall–Kier alpha value is -2.29. The van der Waals surface area contributed by atoms with E-state index in [1.54, 1.807) is 6.21 Å². The molecule has 1 saturated heterocycles. The Bertz CT molecular complexity index is 941. The first-order chi connectivity index (χ1) is 16.2.